The van der Waals surface area contributed by atoms with Crippen molar-refractivity contribution >= 4 is 17.0 Å². The lowest BCUT2D eigenvalue weighted by Crippen LogP contribution is -2.10. The second-order valence-electron chi connectivity index (χ2n) is 6.57. The van der Waals surface area contributed by atoms with Crippen molar-refractivity contribution in [3.8, 4) is 22.8 Å². The molecule has 130 valence electrons. The van der Waals surface area contributed by atoms with Crippen LogP contribution in [0.4, 0.5) is 5.82 Å². The summed E-state index contributed by atoms with van der Waals surface area (Å²) in [4.78, 5) is 13.9. The van der Waals surface area contributed by atoms with Gasteiger partial charge in [-0.25, -0.2) is 9.97 Å². The van der Waals surface area contributed by atoms with E-state index in [1.165, 1.54) is 0 Å². The molecular formula is C21H20N4O. The summed E-state index contributed by atoms with van der Waals surface area (Å²) in [5.74, 6) is 2.35. The molecule has 0 radical (unpaired) electrons. The van der Waals surface area contributed by atoms with Gasteiger partial charge in [0.2, 0.25) is 17.1 Å². The highest BCUT2D eigenvalue weighted by atomic mass is 16.3. The van der Waals surface area contributed by atoms with Crippen molar-refractivity contribution in [1.82, 2.24) is 15.0 Å². The lowest BCUT2D eigenvalue weighted by molar-refractivity contribution is 0.617. The number of hydrogen-bond acceptors (Lipinski definition) is 5. The highest BCUT2D eigenvalue weighted by molar-refractivity contribution is 5.84. The molecule has 0 bridgehead atoms. The Bertz CT molecular complexity index is 1010. The molecule has 0 aliphatic rings. The van der Waals surface area contributed by atoms with Gasteiger partial charge in [0.1, 0.15) is 0 Å². The molecule has 0 fully saturated rings. The zero-order chi connectivity index (χ0) is 17.9. The van der Waals surface area contributed by atoms with Gasteiger partial charge in [-0.1, -0.05) is 62.4 Å². The summed E-state index contributed by atoms with van der Waals surface area (Å²) in [6.07, 6.45) is 0. The van der Waals surface area contributed by atoms with Crippen molar-refractivity contribution in [2.45, 2.75) is 13.8 Å². The average Bonchev–Trinajstić information content (AvgIpc) is 3.12. The number of aromatic nitrogens is 3. The Morgan fingerprint density at radius 1 is 0.846 bits per heavy atom. The highest BCUT2D eigenvalue weighted by Gasteiger charge is 2.17. The van der Waals surface area contributed by atoms with Gasteiger partial charge in [0.05, 0.1) is 0 Å². The van der Waals surface area contributed by atoms with E-state index in [2.05, 4.69) is 29.1 Å². The number of rotatable bonds is 5. The fourth-order valence-corrected chi connectivity index (χ4v) is 2.67. The topological polar surface area (TPSA) is 63.8 Å². The molecule has 26 heavy (non-hydrogen) atoms. The van der Waals surface area contributed by atoms with Gasteiger partial charge in [-0.2, -0.15) is 4.98 Å². The lowest BCUT2D eigenvalue weighted by atomic mass is 10.2. The Hall–Kier alpha value is -3.21. The summed E-state index contributed by atoms with van der Waals surface area (Å²) < 4.78 is 6.01. The summed E-state index contributed by atoms with van der Waals surface area (Å²) in [6.45, 7) is 5.10. The van der Waals surface area contributed by atoms with Gasteiger partial charge in [-0.15, -0.1) is 0 Å². The molecule has 0 amide bonds. The molecule has 4 rings (SSSR count). The van der Waals surface area contributed by atoms with Crippen molar-refractivity contribution in [1.29, 1.82) is 0 Å². The second-order valence-corrected chi connectivity index (χ2v) is 6.57. The monoisotopic (exact) mass is 344 g/mol. The predicted molar refractivity (Wildman–Crippen MR) is 104 cm³/mol. The third kappa shape index (κ3) is 3.28. The van der Waals surface area contributed by atoms with Crippen molar-refractivity contribution < 1.29 is 4.42 Å². The summed E-state index contributed by atoms with van der Waals surface area (Å²) in [5.41, 5.74) is 3.01. The third-order valence-corrected chi connectivity index (χ3v) is 3.98. The van der Waals surface area contributed by atoms with E-state index < -0.39 is 0 Å². The Labute approximate surface area is 152 Å². The maximum atomic E-state index is 6.01. The highest BCUT2D eigenvalue weighted by Crippen LogP contribution is 2.29. The Balaban J connectivity index is 1.85. The molecule has 0 aliphatic heterocycles. The van der Waals surface area contributed by atoms with Crippen LogP contribution in [-0.4, -0.2) is 21.5 Å². The molecule has 2 aromatic heterocycles. The van der Waals surface area contributed by atoms with E-state index in [1.807, 2.05) is 60.7 Å². The second kappa shape index (κ2) is 6.96. The van der Waals surface area contributed by atoms with Gasteiger partial charge in [0.25, 0.3) is 0 Å². The van der Waals surface area contributed by atoms with Crippen LogP contribution in [0.2, 0.25) is 0 Å². The first-order valence-electron chi connectivity index (χ1n) is 8.74. The fourth-order valence-electron chi connectivity index (χ4n) is 2.67. The molecule has 4 aromatic rings. The van der Waals surface area contributed by atoms with Crippen LogP contribution in [0.25, 0.3) is 34.1 Å². The SMILES string of the molecule is CC(C)CNc1nc(-c2ccccc2)nc2nc(-c3ccccc3)oc12. The molecule has 0 aliphatic carbocycles. The van der Waals surface area contributed by atoms with E-state index in [-0.39, 0.29) is 0 Å². The predicted octanol–water partition coefficient (Wildman–Crippen LogP) is 5.02. The standard InChI is InChI=1S/C21H20N4O/c1-14(2)13-22-19-17-20(24-18(23-19)15-9-5-3-6-10-15)25-21(26-17)16-11-7-4-8-12-16/h3-12,14H,13H2,1-2H3,(H,22,23,24). The largest absolute Gasteiger partial charge is 0.430 e. The molecular weight excluding hydrogens is 324 g/mol. The summed E-state index contributed by atoms with van der Waals surface area (Å²) in [5, 5.41) is 3.38. The molecule has 1 N–H and O–H groups in total. The van der Waals surface area contributed by atoms with E-state index in [0.717, 1.165) is 17.7 Å². The van der Waals surface area contributed by atoms with Crippen LogP contribution in [0, 0.1) is 5.92 Å². The fraction of sp³-hybridized carbons (Fsp3) is 0.190. The number of oxazole rings is 1. The van der Waals surface area contributed by atoms with Crippen LogP contribution in [0.5, 0.6) is 0 Å². The van der Waals surface area contributed by atoms with Crippen LogP contribution in [-0.2, 0) is 0 Å². The van der Waals surface area contributed by atoms with Crippen molar-refractivity contribution in [3.05, 3.63) is 60.7 Å². The minimum absolute atomic E-state index is 0.483. The smallest absolute Gasteiger partial charge is 0.229 e. The number of nitrogens with zero attached hydrogens (tertiary/aromatic N) is 3. The van der Waals surface area contributed by atoms with E-state index >= 15 is 0 Å². The van der Waals surface area contributed by atoms with Crippen molar-refractivity contribution in [2.75, 3.05) is 11.9 Å². The molecule has 0 saturated heterocycles. The maximum Gasteiger partial charge on any atom is 0.229 e. The first kappa shape index (κ1) is 16.3. The number of fused-ring (bicyclic) bond motifs is 1. The molecule has 0 unspecified atom stereocenters. The first-order valence-corrected chi connectivity index (χ1v) is 8.74. The summed E-state index contributed by atoms with van der Waals surface area (Å²) in [6, 6.07) is 19.7. The summed E-state index contributed by atoms with van der Waals surface area (Å²) >= 11 is 0. The van der Waals surface area contributed by atoms with Gasteiger partial charge in [-0.05, 0) is 18.1 Å². The number of hydrogen-bond donors (Lipinski definition) is 1. The molecule has 2 aromatic carbocycles. The van der Waals surface area contributed by atoms with Gasteiger partial charge in [0, 0.05) is 17.7 Å². The molecule has 5 heteroatoms. The molecule has 0 atom stereocenters. The lowest BCUT2D eigenvalue weighted by Gasteiger charge is -2.09. The van der Waals surface area contributed by atoms with Gasteiger partial charge in [0.15, 0.2) is 11.6 Å². The molecule has 0 spiro atoms. The number of anilines is 1. The minimum atomic E-state index is 0.483. The summed E-state index contributed by atoms with van der Waals surface area (Å²) in [7, 11) is 0. The Kier molecular flexibility index (Phi) is 4.35. The third-order valence-electron chi connectivity index (χ3n) is 3.98. The average molecular weight is 344 g/mol. The van der Waals surface area contributed by atoms with Crippen LogP contribution >= 0.6 is 0 Å². The van der Waals surface area contributed by atoms with E-state index in [9.17, 15) is 0 Å². The Morgan fingerprint density at radius 3 is 2.15 bits per heavy atom. The van der Waals surface area contributed by atoms with Crippen molar-refractivity contribution in [3.63, 3.8) is 0 Å². The van der Waals surface area contributed by atoms with Crippen LogP contribution in [0.3, 0.4) is 0 Å². The van der Waals surface area contributed by atoms with Gasteiger partial charge in [-0.3, -0.25) is 0 Å². The number of benzene rings is 2. The van der Waals surface area contributed by atoms with Crippen molar-refractivity contribution in [2.24, 2.45) is 5.92 Å². The molecule has 0 saturated carbocycles. The van der Waals surface area contributed by atoms with E-state index in [0.29, 0.717) is 34.7 Å². The number of nitrogens with one attached hydrogen (secondary N) is 1. The zero-order valence-corrected chi connectivity index (χ0v) is 14.8. The van der Waals surface area contributed by atoms with Gasteiger partial charge >= 0.3 is 0 Å². The van der Waals surface area contributed by atoms with Crippen LogP contribution in [0.1, 0.15) is 13.8 Å². The first-order chi connectivity index (χ1) is 12.7. The van der Waals surface area contributed by atoms with E-state index in [4.69, 9.17) is 9.40 Å². The van der Waals surface area contributed by atoms with E-state index in [1.54, 1.807) is 0 Å². The Morgan fingerprint density at radius 2 is 1.50 bits per heavy atom. The van der Waals surface area contributed by atoms with Crippen LogP contribution < -0.4 is 5.32 Å². The minimum Gasteiger partial charge on any atom is -0.430 e. The van der Waals surface area contributed by atoms with Crippen LogP contribution in [0.15, 0.2) is 65.1 Å². The quantitative estimate of drug-likeness (QED) is 0.551. The molecule has 2 heterocycles. The maximum absolute atomic E-state index is 6.01. The zero-order valence-electron chi connectivity index (χ0n) is 14.8. The normalized spacial score (nSPS) is 11.2. The van der Waals surface area contributed by atoms with Gasteiger partial charge < -0.3 is 9.73 Å². The molecule has 5 nitrogen and oxygen atoms in total.